The number of aliphatic hydroxyl groups excluding tert-OH is 2. The van der Waals surface area contributed by atoms with Crippen molar-refractivity contribution in [1.82, 2.24) is 0 Å². The molecule has 0 spiro atoms. The van der Waals surface area contributed by atoms with E-state index in [4.69, 9.17) is 0 Å². The number of hydrogen-bond acceptors (Lipinski definition) is 4. The number of nitrogens with zero attached hydrogens (tertiary/aromatic N) is 2. The molecule has 3 aliphatic rings. The molecular weight excluding hydrogens is 396 g/mol. The van der Waals surface area contributed by atoms with Gasteiger partial charge in [-0.15, -0.1) is 0 Å². The van der Waals surface area contributed by atoms with Crippen LogP contribution in [0, 0.1) is 5.92 Å². The zero-order chi connectivity index (χ0) is 23.0. The van der Waals surface area contributed by atoms with E-state index in [-0.39, 0.29) is 16.6 Å². The summed E-state index contributed by atoms with van der Waals surface area (Å²) in [7, 11) is 4.11. The zero-order valence-electron chi connectivity index (χ0n) is 19.7. The van der Waals surface area contributed by atoms with Crippen LogP contribution in [0.4, 0.5) is 11.4 Å². The number of aliphatic hydroxyl groups is 2. The van der Waals surface area contributed by atoms with E-state index in [1.807, 2.05) is 24.3 Å². The maximum absolute atomic E-state index is 11.1. The van der Waals surface area contributed by atoms with E-state index in [1.54, 1.807) is 0 Å². The Kier molecular flexibility index (Phi) is 4.41. The summed E-state index contributed by atoms with van der Waals surface area (Å²) in [6.07, 6.45) is 3.30. The Morgan fingerprint density at radius 3 is 1.75 bits per heavy atom. The van der Waals surface area contributed by atoms with Gasteiger partial charge in [0.05, 0.1) is 12.0 Å². The molecule has 4 nitrogen and oxygen atoms in total. The fourth-order valence-electron chi connectivity index (χ4n) is 5.80. The molecule has 1 aliphatic carbocycles. The molecule has 2 unspecified atom stereocenters. The molecule has 2 heterocycles. The second-order valence-electron chi connectivity index (χ2n) is 10.3. The Morgan fingerprint density at radius 1 is 0.781 bits per heavy atom. The van der Waals surface area contributed by atoms with Crippen LogP contribution in [0.5, 0.6) is 0 Å². The number of hydrogen-bond donors (Lipinski definition) is 2. The van der Waals surface area contributed by atoms with Gasteiger partial charge >= 0.3 is 0 Å². The fraction of sp³-hybridized carbons (Fsp3) is 0.357. The van der Waals surface area contributed by atoms with E-state index < -0.39 is 12.0 Å². The predicted octanol–water partition coefficient (Wildman–Crippen LogP) is 5.41. The maximum atomic E-state index is 11.1. The summed E-state index contributed by atoms with van der Waals surface area (Å²) in [6.45, 7) is 8.78. The quantitative estimate of drug-likeness (QED) is 0.671. The molecule has 2 N–H and O–H groups in total. The topological polar surface area (TPSA) is 46.9 Å². The first-order valence-corrected chi connectivity index (χ1v) is 11.3. The van der Waals surface area contributed by atoms with Crippen LogP contribution in [0.2, 0.25) is 0 Å². The van der Waals surface area contributed by atoms with Gasteiger partial charge in [0.1, 0.15) is 5.76 Å². The van der Waals surface area contributed by atoms with Gasteiger partial charge < -0.3 is 20.0 Å². The van der Waals surface area contributed by atoms with E-state index in [0.717, 1.165) is 11.4 Å². The Labute approximate surface area is 190 Å². The van der Waals surface area contributed by atoms with Crippen LogP contribution in [0.15, 0.2) is 83.4 Å². The Balaban J connectivity index is 1.51. The highest BCUT2D eigenvalue weighted by molar-refractivity contribution is 5.72. The molecule has 0 amide bonds. The predicted molar refractivity (Wildman–Crippen MR) is 131 cm³/mol. The van der Waals surface area contributed by atoms with Crippen molar-refractivity contribution < 1.29 is 10.2 Å². The lowest BCUT2D eigenvalue weighted by atomic mass is 9.75. The van der Waals surface area contributed by atoms with E-state index >= 15 is 0 Å². The number of benzene rings is 2. The number of allylic oxidation sites excluding steroid dienone is 2. The number of likely N-dealkylation sites (N-methyl/N-ethyl adjacent to an activating group) is 2. The standard InChI is InChI=1S/C28H32N2O2/c1-27(2)19-11-7-9-13-21(19)29(5)23(27)15-17-25(31)18(26(17)32)16-24-28(3,4)20-12-8-10-14-22(20)30(24)6/h7-17,25,31-32H,1-6H3. The van der Waals surface area contributed by atoms with Crippen molar-refractivity contribution in [3.05, 3.63) is 94.5 Å². The molecule has 0 radical (unpaired) electrons. The van der Waals surface area contributed by atoms with Crippen molar-refractivity contribution in [2.45, 2.75) is 44.6 Å². The van der Waals surface area contributed by atoms with E-state index in [9.17, 15) is 10.2 Å². The monoisotopic (exact) mass is 428 g/mol. The number of fused-ring (bicyclic) bond motifs is 2. The van der Waals surface area contributed by atoms with Gasteiger partial charge in [-0.25, -0.2) is 0 Å². The minimum Gasteiger partial charge on any atom is -0.511 e. The summed E-state index contributed by atoms with van der Waals surface area (Å²) >= 11 is 0. The van der Waals surface area contributed by atoms with Gasteiger partial charge in [0.2, 0.25) is 0 Å². The average Bonchev–Trinajstić information content (AvgIpc) is 3.09. The van der Waals surface area contributed by atoms with Gasteiger partial charge in [0.25, 0.3) is 0 Å². The molecule has 0 aromatic heterocycles. The zero-order valence-corrected chi connectivity index (χ0v) is 19.7. The third-order valence-corrected chi connectivity index (χ3v) is 7.78. The third-order valence-electron chi connectivity index (χ3n) is 7.78. The van der Waals surface area contributed by atoms with E-state index in [1.165, 1.54) is 22.5 Å². The van der Waals surface area contributed by atoms with Crippen LogP contribution in [0.3, 0.4) is 0 Å². The second kappa shape index (κ2) is 6.76. The first-order chi connectivity index (χ1) is 15.1. The molecule has 32 heavy (non-hydrogen) atoms. The van der Waals surface area contributed by atoms with Crippen molar-refractivity contribution >= 4 is 11.4 Å². The summed E-state index contributed by atoms with van der Waals surface area (Å²) in [5.74, 6) is -0.136. The highest BCUT2D eigenvalue weighted by Crippen LogP contribution is 2.51. The van der Waals surface area contributed by atoms with Crippen molar-refractivity contribution in [2.75, 3.05) is 23.9 Å². The van der Waals surface area contributed by atoms with Crippen molar-refractivity contribution in [3.8, 4) is 0 Å². The van der Waals surface area contributed by atoms with Gasteiger partial charge in [0, 0.05) is 53.3 Å². The van der Waals surface area contributed by atoms with Crippen LogP contribution < -0.4 is 9.80 Å². The molecule has 2 aromatic carbocycles. The third kappa shape index (κ3) is 2.65. The lowest BCUT2D eigenvalue weighted by Gasteiger charge is -2.36. The van der Waals surface area contributed by atoms with Gasteiger partial charge in [-0.2, -0.15) is 0 Å². The molecule has 0 fully saturated rings. The van der Waals surface area contributed by atoms with Crippen LogP contribution in [-0.2, 0) is 10.8 Å². The molecule has 2 atom stereocenters. The first-order valence-electron chi connectivity index (χ1n) is 11.3. The van der Waals surface area contributed by atoms with Gasteiger partial charge in [0.15, 0.2) is 0 Å². The first kappa shape index (κ1) is 20.9. The number of anilines is 2. The molecule has 166 valence electrons. The lowest BCUT2D eigenvalue weighted by Crippen LogP contribution is -2.37. The highest BCUT2D eigenvalue weighted by Gasteiger charge is 2.45. The molecular formula is C28H32N2O2. The van der Waals surface area contributed by atoms with Gasteiger partial charge in [-0.05, 0) is 29.3 Å². The van der Waals surface area contributed by atoms with Crippen LogP contribution in [0.25, 0.3) is 0 Å². The summed E-state index contributed by atoms with van der Waals surface area (Å²) in [5.41, 5.74) is 7.28. The van der Waals surface area contributed by atoms with Crippen LogP contribution in [-0.4, -0.2) is 30.4 Å². The average molecular weight is 429 g/mol. The fourth-order valence-corrected chi connectivity index (χ4v) is 5.80. The Bertz CT molecular complexity index is 1200. The Hall–Kier alpha value is -2.98. The Morgan fingerprint density at radius 2 is 1.25 bits per heavy atom. The number of rotatable bonds is 2. The normalized spacial score (nSPS) is 27.7. The van der Waals surface area contributed by atoms with Gasteiger partial charge in [-0.1, -0.05) is 70.2 Å². The SMILES string of the molecule is CN1C(=CC2=C(O)C(C=C3N(C)c4ccccc4C3(C)C)C2O)C(C)(C)c2ccccc21. The molecule has 4 heteroatoms. The molecule has 5 rings (SSSR count). The molecule has 0 bridgehead atoms. The molecule has 2 aromatic rings. The molecule has 0 saturated carbocycles. The number of para-hydroxylation sites is 2. The van der Waals surface area contributed by atoms with E-state index in [0.29, 0.717) is 5.57 Å². The molecule has 0 saturated heterocycles. The largest absolute Gasteiger partial charge is 0.511 e. The summed E-state index contributed by atoms with van der Waals surface area (Å²) in [6, 6.07) is 16.8. The van der Waals surface area contributed by atoms with Crippen molar-refractivity contribution in [1.29, 1.82) is 0 Å². The summed E-state index contributed by atoms with van der Waals surface area (Å²) < 4.78 is 0. The van der Waals surface area contributed by atoms with Crippen LogP contribution in [0.1, 0.15) is 38.8 Å². The van der Waals surface area contributed by atoms with Crippen molar-refractivity contribution in [2.24, 2.45) is 5.92 Å². The van der Waals surface area contributed by atoms with Gasteiger partial charge in [-0.3, -0.25) is 0 Å². The molecule has 2 aliphatic heterocycles. The minimum absolute atomic E-state index is 0.186. The summed E-state index contributed by atoms with van der Waals surface area (Å²) in [5, 5.41) is 22.1. The smallest absolute Gasteiger partial charge is 0.108 e. The van der Waals surface area contributed by atoms with Crippen molar-refractivity contribution in [3.63, 3.8) is 0 Å². The maximum Gasteiger partial charge on any atom is 0.108 e. The minimum atomic E-state index is -0.726. The van der Waals surface area contributed by atoms with E-state index in [2.05, 4.69) is 88.0 Å². The van der Waals surface area contributed by atoms with Crippen LogP contribution >= 0.6 is 0 Å². The second-order valence-corrected chi connectivity index (χ2v) is 10.3. The summed E-state index contributed by atoms with van der Waals surface area (Å²) in [4.78, 5) is 4.34. The highest BCUT2D eigenvalue weighted by atomic mass is 16.3. The lowest BCUT2D eigenvalue weighted by molar-refractivity contribution is 0.112.